The largest absolute Gasteiger partial charge is 0.481 e. The van der Waals surface area contributed by atoms with Crippen LogP contribution in [-0.4, -0.2) is 36.6 Å². The van der Waals surface area contributed by atoms with Gasteiger partial charge in [-0.1, -0.05) is 13.8 Å². The number of aliphatic carboxylic acids is 1. The lowest BCUT2D eigenvalue weighted by Crippen LogP contribution is -2.28. The van der Waals surface area contributed by atoms with E-state index in [2.05, 4.69) is 10.6 Å². The first-order valence-electron chi connectivity index (χ1n) is 5.78. The second-order valence-corrected chi connectivity index (χ2v) is 3.84. The first-order chi connectivity index (χ1) is 7.57. The van der Waals surface area contributed by atoms with Crippen molar-refractivity contribution in [2.75, 3.05) is 19.6 Å². The summed E-state index contributed by atoms with van der Waals surface area (Å²) >= 11 is 0. The highest BCUT2D eigenvalue weighted by Crippen LogP contribution is 2.04. The molecule has 1 unspecified atom stereocenters. The molecule has 0 aromatic heterocycles. The highest BCUT2D eigenvalue weighted by Gasteiger charge is 2.09. The van der Waals surface area contributed by atoms with Gasteiger partial charge in [-0.05, 0) is 19.4 Å². The van der Waals surface area contributed by atoms with Crippen LogP contribution in [0.15, 0.2) is 0 Å². The number of amides is 1. The summed E-state index contributed by atoms with van der Waals surface area (Å²) in [6.45, 7) is 5.78. The molecule has 0 spiro atoms. The molecule has 0 bridgehead atoms. The molecule has 0 saturated carbocycles. The lowest BCUT2D eigenvalue weighted by Gasteiger charge is -2.07. The van der Waals surface area contributed by atoms with Crippen LogP contribution in [-0.2, 0) is 9.59 Å². The summed E-state index contributed by atoms with van der Waals surface area (Å²) in [5.41, 5.74) is 0. The maximum Gasteiger partial charge on any atom is 0.306 e. The van der Waals surface area contributed by atoms with E-state index in [1.54, 1.807) is 6.92 Å². The van der Waals surface area contributed by atoms with Gasteiger partial charge >= 0.3 is 5.97 Å². The van der Waals surface area contributed by atoms with E-state index in [1.165, 1.54) is 0 Å². The van der Waals surface area contributed by atoms with Crippen LogP contribution in [0.3, 0.4) is 0 Å². The molecule has 94 valence electrons. The topological polar surface area (TPSA) is 78.4 Å². The van der Waals surface area contributed by atoms with Crippen LogP contribution < -0.4 is 10.6 Å². The van der Waals surface area contributed by atoms with Crippen LogP contribution in [0.4, 0.5) is 0 Å². The summed E-state index contributed by atoms with van der Waals surface area (Å²) in [5, 5.41) is 14.5. The Hall–Kier alpha value is -1.10. The number of nitrogens with one attached hydrogen (secondary N) is 2. The summed E-state index contributed by atoms with van der Waals surface area (Å²) in [7, 11) is 0. The Bertz CT molecular complexity index is 219. The number of hydrogen-bond acceptors (Lipinski definition) is 3. The van der Waals surface area contributed by atoms with E-state index in [0.29, 0.717) is 32.4 Å². The molecule has 16 heavy (non-hydrogen) atoms. The van der Waals surface area contributed by atoms with Gasteiger partial charge in [-0.25, -0.2) is 0 Å². The molecule has 0 heterocycles. The van der Waals surface area contributed by atoms with Crippen molar-refractivity contribution < 1.29 is 14.7 Å². The first-order valence-corrected chi connectivity index (χ1v) is 5.78. The van der Waals surface area contributed by atoms with E-state index in [4.69, 9.17) is 5.11 Å². The van der Waals surface area contributed by atoms with Gasteiger partial charge in [0, 0.05) is 19.5 Å². The molecule has 0 saturated heterocycles. The summed E-state index contributed by atoms with van der Waals surface area (Å²) < 4.78 is 0. The van der Waals surface area contributed by atoms with E-state index in [0.717, 1.165) is 6.54 Å². The fourth-order valence-electron chi connectivity index (χ4n) is 1.23. The van der Waals surface area contributed by atoms with E-state index in [9.17, 15) is 9.59 Å². The van der Waals surface area contributed by atoms with Crippen LogP contribution in [0.1, 0.15) is 33.1 Å². The third-order valence-electron chi connectivity index (χ3n) is 2.34. The van der Waals surface area contributed by atoms with Gasteiger partial charge in [-0.2, -0.15) is 0 Å². The van der Waals surface area contributed by atoms with Crippen LogP contribution >= 0.6 is 0 Å². The second-order valence-electron chi connectivity index (χ2n) is 3.84. The molecule has 1 amide bonds. The lowest BCUT2D eigenvalue weighted by molar-refractivity contribution is -0.141. The smallest absolute Gasteiger partial charge is 0.306 e. The fraction of sp³-hybridized carbons (Fsp3) is 0.818. The zero-order valence-electron chi connectivity index (χ0n) is 10.1. The van der Waals surface area contributed by atoms with Crippen LogP contribution in [0.25, 0.3) is 0 Å². The van der Waals surface area contributed by atoms with Crippen LogP contribution in [0.2, 0.25) is 0 Å². The van der Waals surface area contributed by atoms with Gasteiger partial charge < -0.3 is 15.7 Å². The second kappa shape index (κ2) is 9.15. The normalized spacial score (nSPS) is 12.1. The molecule has 3 N–H and O–H groups in total. The Morgan fingerprint density at radius 1 is 1.31 bits per heavy atom. The van der Waals surface area contributed by atoms with Crippen LogP contribution in [0, 0.1) is 5.92 Å². The number of hydrogen-bond donors (Lipinski definition) is 3. The predicted octanol–water partition coefficient (Wildman–Crippen LogP) is 0.603. The Labute approximate surface area is 96.6 Å². The van der Waals surface area contributed by atoms with Gasteiger partial charge in [0.15, 0.2) is 0 Å². The molecule has 1 atom stereocenters. The molecular weight excluding hydrogens is 208 g/mol. The highest BCUT2D eigenvalue weighted by molar-refractivity contribution is 5.76. The van der Waals surface area contributed by atoms with Gasteiger partial charge in [0.2, 0.25) is 5.91 Å². The average molecular weight is 230 g/mol. The van der Waals surface area contributed by atoms with Crippen molar-refractivity contribution in [2.45, 2.75) is 33.1 Å². The standard InChI is InChI=1S/C11H22N2O3/c1-3-12-8-6-10(14)13-7-4-5-9(2)11(15)16/h9,12H,3-8H2,1-2H3,(H,13,14)(H,15,16). The zero-order valence-corrected chi connectivity index (χ0v) is 10.1. The maximum atomic E-state index is 11.2. The predicted molar refractivity (Wildman–Crippen MR) is 62.2 cm³/mol. The minimum Gasteiger partial charge on any atom is -0.481 e. The van der Waals surface area contributed by atoms with E-state index < -0.39 is 5.97 Å². The minimum atomic E-state index is -0.779. The first kappa shape index (κ1) is 14.9. The Balaban J connectivity index is 3.37. The van der Waals surface area contributed by atoms with Crippen molar-refractivity contribution in [3.8, 4) is 0 Å². The van der Waals surface area contributed by atoms with Crippen molar-refractivity contribution >= 4 is 11.9 Å². The number of rotatable bonds is 9. The molecule has 0 aliphatic carbocycles. The third kappa shape index (κ3) is 8.23. The number of carboxylic acids is 1. The van der Waals surface area contributed by atoms with Crippen molar-refractivity contribution in [3.05, 3.63) is 0 Å². The van der Waals surface area contributed by atoms with Gasteiger partial charge in [-0.15, -0.1) is 0 Å². The van der Waals surface area contributed by atoms with E-state index in [-0.39, 0.29) is 11.8 Å². The van der Waals surface area contributed by atoms with Crippen LogP contribution in [0.5, 0.6) is 0 Å². The third-order valence-corrected chi connectivity index (χ3v) is 2.34. The lowest BCUT2D eigenvalue weighted by atomic mass is 10.1. The van der Waals surface area contributed by atoms with Gasteiger partial charge in [0.25, 0.3) is 0 Å². The minimum absolute atomic E-state index is 0.0175. The Morgan fingerprint density at radius 3 is 2.56 bits per heavy atom. The molecular formula is C11H22N2O3. The number of carbonyl (C=O) groups is 2. The quantitative estimate of drug-likeness (QED) is 0.507. The molecule has 5 nitrogen and oxygen atoms in total. The molecule has 5 heteroatoms. The monoisotopic (exact) mass is 230 g/mol. The van der Waals surface area contributed by atoms with Gasteiger partial charge in [0.1, 0.15) is 0 Å². The number of carboxylic acid groups (broad SMARTS) is 1. The van der Waals surface area contributed by atoms with Crippen molar-refractivity contribution in [3.63, 3.8) is 0 Å². The SMILES string of the molecule is CCNCCC(=O)NCCCC(C)C(=O)O. The molecule has 0 aromatic rings. The van der Waals surface area contributed by atoms with Gasteiger partial charge in [-0.3, -0.25) is 9.59 Å². The van der Waals surface area contributed by atoms with Gasteiger partial charge in [0.05, 0.1) is 5.92 Å². The summed E-state index contributed by atoms with van der Waals surface area (Å²) in [5.74, 6) is -1.10. The van der Waals surface area contributed by atoms with Crippen molar-refractivity contribution in [2.24, 2.45) is 5.92 Å². The van der Waals surface area contributed by atoms with E-state index >= 15 is 0 Å². The van der Waals surface area contributed by atoms with Crippen molar-refractivity contribution in [1.82, 2.24) is 10.6 Å². The highest BCUT2D eigenvalue weighted by atomic mass is 16.4. The molecule has 0 rings (SSSR count). The molecule has 0 aliphatic rings. The summed E-state index contributed by atoms with van der Waals surface area (Å²) in [6.07, 6.45) is 1.78. The van der Waals surface area contributed by atoms with Crippen molar-refractivity contribution in [1.29, 1.82) is 0 Å². The molecule has 0 fully saturated rings. The average Bonchev–Trinajstić information content (AvgIpc) is 2.24. The zero-order chi connectivity index (χ0) is 12.4. The summed E-state index contributed by atoms with van der Waals surface area (Å²) in [4.78, 5) is 21.7. The number of carbonyl (C=O) groups excluding carboxylic acids is 1. The molecule has 0 aromatic carbocycles. The fourth-order valence-corrected chi connectivity index (χ4v) is 1.23. The Morgan fingerprint density at radius 2 is 2.00 bits per heavy atom. The van der Waals surface area contributed by atoms with E-state index in [1.807, 2.05) is 6.92 Å². The molecule has 0 aliphatic heterocycles. The summed E-state index contributed by atoms with van der Waals surface area (Å²) in [6, 6.07) is 0. The maximum absolute atomic E-state index is 11.2. The molecule has 0 radical (unpaired) electrons. The Kier molecular flexibility index (Phi) is 8.52.